The van der Waals surface area contributed by atoms with Crippen LogP contribution >= 0.6 is 11.8 Å². The molecule has 0 aliphatic heterocycles. The number of carbonyl (C=O) groups excluding carboxylic acids is 1. The molecule has 0 bridgehead atoms. The average Bonchev–Trinajstić information content (AvgIpc) is 3.01. The normalized spacial score (nSPS) is 11.0. The number of amides is 1. The molecule has 6 nitrogen and oxygen atoms in total. The van der Waals surface area contributed by atoms with E-state index in [4.69, 9.17) is 4.52 Å². The zero-order chi connectivity index (χ0) is 14.8. The van der Waals surface area contributed by atoms with Gasteiger partial charge >= 0.3 is 0 Å². The van der Waals surface area contributed by atoms with Crippen molar-refractivity contribution in [1.29, 1.82) is 0 Å². The summed E-state index contributed by atoms with van der Waals surface area (Å²) >= 11 is 1.39. The van der Waals surface area contributed by atoms with Crippen LogP contribution in [0, 0.1) is 6.92 Å². The minimum absolute atomic E-state index is 0.139. The third-order valence-corrected chi connectivity index (χ3v) is 4.00. The van der Waals surface area contributed by atoms with Crippen molar-refractivity contribution in [3.8, 4) is 0 Å². The lowest BCUT2D eigenvalue weighted by atomic mass is 10.3. The number of imidazole rings is 1. The molecule has 0 radical (unpaired) electrons. The van der Waals surface area contributed by atoms with Crippen molar-refractivity contribution in [3.63, 3.8) is 0 Å². The Hall–Kier alpha value is -2.28. The van der Waals surface area contributed by atoms with Crippen molar-refractivity contribution in [3.05, 3.63) is 36.1 Å². The molecule has 0 aliphatic rings. The van der Waals surface area contributed by atoms with Crippen molar-refractivity contribution in [2.45, 2.75) is 12.1 Å². The number of thioether (sulfide) groups is 1. The van der Waals surface area contributed by atoms with E-state index >= 15 is 0 Å². The molecule has 0 unspecified atom stereocenters. The molecule has 7 heteroatoms. The number of carbonyl (C=O) groups is 1. The summed E-state index contributed by atoms with van der Waals surface area (Å²) in [6.07, 6.45) is 0. The number of hydrogen-bond donors (Lipinski definition) is 1. The summed E-state index contributed by atoms with van der Waals surface area (Å²) in [7, 11) is 1.94. The van der Waals surface area contributed by atoms with Crippen molar-refractivity contribution in [2.75, 3.05) is 11.1 Å². The van der Waals surface area contributed by atoms with Crippen LogP contribution in [0.3, 0.4) is 0 Å². The van der Waals surface area contributed by atoms with E-state index in [1.807, 2.05) is 35.9 Å². The molecule has 0 aliphatic carbocycles. The molecule has 2 aromatic heterocycles. The molecule has 1 aromatic carbocycles. The zero-order valence-electron chi connectivity index (χ0n) is 11.7. The van der Waals surface area contributed by atoms with E-state index in [-0.39, 0.29) is 11.7 Å². The van der Waals surface area contributed by atoms with Crippen LogP contribution in [0.1, 0.15) is 5.76 Å². The standard InChI is InChI=1S/C14H14N4O2S/c1-9-7-12(17-20-9)16-13(19)8-21-14-15-10-5-3-4-6-11(10)18(14)2/h3-7H,8H2,1-2H3,(H,16,17,19). The van der Waals surface area contributed by atoms with Crippen LogP contribution in [0.25, 0.3) is 11.0 Å². The van der Waals surface area contributed by atoms with Crippen LogP contribution in [0.4, 0.5) is 5.82 Å². The number of para-hydroxylation sites is 2. The van der Waals surface area contributed by atoms with Crippen LogP contribution < -0.4 is 5.32 Å². The second-order valence-corrected chi connectivity index (χ2v) is 5.54. The van der Waals surface area contributed by atoms with Gasteiger partial charge < -0.3 is 14.4 Å². The molecule has 1 amide bonds. The SMILES string of the molecule is Cc1cc(NC(=O)CSc2nc3ccccc3n2C)no1. The van der Waals surface area contributed by atoms with Gasteiger partial charge in [-0.2, -0.15) is 0 Å². The Morgan fingerprint density at radius 3 is 2.95 bits per heavy atom. The van der Waals surface area contributed by atoms with E-state index in [9.17, 15) is 4.79 Å². The van der Waals surface area contributed by atoms with Gasteiger partial charge in [-0.1, -0.05) is 29.1 Å². The molecule has 0 spiro atoms. The first-order valence-corrected chi connectivity index (χ1v) is 7.39. The van der Waals surface area contributed by atoms with Crippen molar-refractivity contribution >= 4 is 34.5 Å². The highest BCUT2D eigenvalue weighted by atomic mass is 32.2. The predicted octanol–water partition coefficient (Wildman–Crippen LogP) is 2.60. The smallest absolute Gasteiger partial charge is 0.236 e. The minimum Gasteiger partial charge on any atom is -0.360 e. The van der Waals surface area contributed by atoms with Crippen molar-refractivity contribution in [2.24, 2.45) is 7.05 Å². The van der Waals surface area contributed by atoms with Crippen LogP contribution in [0.2, 0.25) is 0 Å². The van der Waals surface area contributed by atoms with Gasteiger partial charge in [-0.15, -0.1) is 0 Å². The lowest BCUT2D eigenvalue weighted by molar-refractivity contribution is -0.113. The van der Waals surface area contributed by atoms with Crippen LogP contribution in [-0.4, -0.2) is 26.4 Å². The van der Waals surface area contributed by atoms with E-state index in [0.29, 0.717) is 11.6 Å². The molecule has 108 valence electrons. The number of aromatic nitrogens is 3. The van der Waals surface area contributed by atoms with Gasteiger partial charge in [-0.3, -0.25) is 4.79 Å². The van der Waals surface area contributed by atoms with Crippen molar-refractivity contribution < 1.29 is 9.32 Å². The molecular formula is C14H14N4O2S. The fraction of sp³-hybridized carbons (Fsp3) is 0.214. The summed E-state index contributed by atoms with van der Waals surface area (Å²) in [5.41, 5.74) is 1.97. The molecule has 0 atom stereocenters. The first-order chi connectivity index (χ1) is 10.1. The molecule has 2 heterocycles. The van der Waals surface area contributed by atoms with Gasteiger partial charge in [-0.25, -0.2) is 4.98 Å². The molecule has 0 fully saturated rings. The Bertz CT molecular complexity index is 793. The number of nitrogens with one attached hydrogen (secondary N) is 1. The number of anilines is 1. The molecular weight excluding hydrogens is 288 g/mol. The molecule has 3 aromatic rings. The first kappa shape index (κ1) is 13.7. The molecule has 0 saturated heterocycles. The highest BCUT2D eigenvalue weighted by Gasteiger charge is 2.11. The van der Waals surface area contributed by atoms with Gasteiger partial charge in [0, 0.05) is 13.1 Å². The minimum atomic E-state index is -0.139. The summed E-state index contributed by atoms with van der Waals surface area (Å²) in [6, 6.07) is 9.56. The fourth-order valence-electron chi connectivity index (χ4n) is 1.99. The Labute approximate surface area is 125 Å². The van der Waals surface area contributed by atoms with Gasteiger partial charge in [0.1, 0.15) is 5.76 Å². The number of rotatable bonds is 4. The van der Waals surface area contributed by atoms with Crippen LogP contribution in [0.15, 0.2) is 40.0 Å². The summed E-state index contributed by atoms with van der Waals surface area (Å²) in [4.78, 5) is 16.4. The van der Waals surface area contributed by atoms with Crippen LogP contribution in [-0.2, 0) is 11.8 Å². The van der Waals surface area contributed by atoms with Gasteiger partial charge in [0.05, 0.1) is 16.8 Å². The fourth-order valence-corrected chi connectivity index (χ4v) is 2.77. The van der Waals surface area contributed by atoms with E-state index in [1.54, 1.807) is 13.0 Å². The molecule has 0 saturated carbocycles. The highest BCUT2D eigenvalue weighted by Crippen LogP contribution is 2.22. The Morgan fingerprint density at radius 1 is 1.43 bits per heavy atom. The quantitative estimate of drug-likeness (QED) is 0.750. The van der Waals surface area contributed by atoms with Crippen LogP contribution in [0.5, 0.6) is 0 Å². The second-order valence-electron chi connectivity index (χ2n) is 4.60. The number of benzene rings is 1. The highest BCUT2D eigenvalue weighted by molar-refractivity contribution is 7.99. The largest absolute Gasteiger partial charge is 0.360 e. The zero-order valence-corrected chi connectivity index (χ0v) is 12.5. The molecule has 1 N–H and O–H groups in total. The van der Waals surface area contributed by atoms with Gasteiger partial charge in [0.2, 0.25) is 5.91 Å². The topological polar surface area (TPSA) is 73.0 Å². The maximum absolute atomic E-state index is 11.9. The maximum atomic E-state index is 11.9. The number of fused-ring (bicyclic) bond motifs is 1. The van der Waals surface area contributed by atoms with E-state index < -0.39 is 0 Å². The molecule has 21 heavy (non-hydrogen) atoms. The summed E-state index contributed by atoms with van der Waals surface area (Å²) in [6.45, 7) is 1.77. The van der Waals surface area contributed by atoms with Gasteiger partial charge in [0.25, 0.3) is 0 Å². The summed E-state index contributed by atoms with van der Waals surface area (Å²) in [5, 5.41) is 7.22. The van der Waals surface area contributed by atoms with E-state index in [1.165, 1.54) is 11.8 Å². The summed E-state index contributed by atoms with van der Waals surface area (Å²) in [5.74, 6) is 1.22. The molecule has 3 rings (SSSR count). The lowest BCUT2D eigenvalue weighted by Gasteiger charge is -2.02. The number of aryl methyl sites for hydroxylation is 2. The third-order valence-electron chi connectivity index (χ3n) is 2.97. The van der Waals surface area contributed by atoms with Gasteiger partial charge in [0.15, 0.2) is 11.0 Å². The number of nitrogens with zero attached hydrogens (tertiary/aromatic N) is 3. The third kappa shape index (κ3) is 2.92. The maximum Gasteiger partial charge on any atom is 0.236 e. The Balaban J connectivity index is 1.66. The van der Waals surface area contributed by atoms with E-state index in [2.05, 4.69) is 15.5 Å². The predicted molar refractivity (Wildman–Crippen MR) is 81.3 cm³/mol. The second kappa shape index (κ2) is 5.61. The first-order valence-electron chi connectivity index (χ1n) is 6.41. The summed E-state index contributed by atoms with van der Waals surface area (Å²) < 4.78 is 6.88. The van der Waals surface area contributed by atoms with Crippen molar-refractivity contribution in [1.82, 2.24) is 14.7 Å². The number of hydrogen-bond acceptors (Lipinski definition) is 5. The van der Waals surface area contributed by atoms with E-state index in [0.717, 1.165) is 16.2 Å². The Kier molecular flexibility index (Phi) is 3.66. The lowest BCUT2D eigenvalue weighted by Crippen LogP contribution is -2.14. The Morgan fingerprint density at radius 2 is 2.24 bits per heavy atom. The average molecular weight is 302 g/mol. The van der Waals surface area contributed by atoms with Gasteiger partial charge in [-0.05, 0) is 19.1 Å². The monoisotopic (exact) mass is 302 g/mol.